The van der Waals surface area contributed by atoms with Crippen LogP contribution < -0.4 is 5.32 Å². The van der Waals surface area contributed by atoms with Gasteiger partial charge >= 0.3 is 5.97 Å². The molecule has 0 spiro atoms. The van der Waals surface area contributed by atoms with E-state index >= 15 is 0 Å². The first-order chi connectivity index (χ1) is 13.2. The van der Waals surface area contributed by atoms with Crippen molar-refractivity contribution in [2.75, 3.05) is 6.61 Å². The molecular weight excluding hydrogens is 340 g/mol. The van der Waals surface area contributed by atoms with Gasteiger partial charge in [-0.1, -0.05) is 48.5 Å². The Balaban J connectivity index is 1.74. The maximum absolute atomic E-state index is 12.3. The quantitative estimate of drug-likeness (QED) is 0.499. The van der Waals surface area contributed by atoms with Gasteiger partial charge in [-0.3, -0.25) is 4.79 Å². The second-order valence-electron chi connectivity index (χ2n) is 6.12. The number of rotatable bonds is 7. The monoisotopic (exact) mass is 362 g/mol. The van der Waals surface area contributed by atoms with Gasteiger partial charge in [-0.2, -0.15) is 0 Å². The number of aromatic amines is 1. The first kappa shape index (κ1) is 18.5. The number of H-pyrrole nitrogens is 1. The summed E-state index contributed by atoms with van der Waals surface area (Å²) in [4.78, 5) is 27.8. The van der Waals surface area contributed by atoms with Crippen LogP contribution in [0.5, 0.6) is 0 Å². The van der Waals surface area contributed by atoms with Crippen molar-refractivity contribution >= 4 is 28.9 Å². The molecule has 0 bridgehead atoms. The van der Waals surface area contributed by atoms with Gasteiger partial charge in [-0.25, -0.2) is 4.79 Å². The number of para-hydroxylation sites is 1. The number of ether oxygens (including phenoxy) is 1. The zero-order chi connectivity index (χ0) is 19.1. The van der Waals surface area contributed by atoms with E-state index in [0.29, 0.717) is 6.42 Å². The maximum atomic E-state index is 12.3. The lowest BCUT2D eigenvalue weighted by Crippen LogP contribution is -2.42. The lowest BCUT2D eigenvalue weighted by molar-refractivity contribution is -0.146. The Hall–Kier alpha value is -3.34. The zero-order valence-corrected chi connectivity index (χ0v) is 15.1. The Morgan fingerprint density at radius 1 is 1.11 bits per heavy atom. The molecule has 1 amide bonds. The van der Waals surface area contributed by atoms with E-state index in [1.165, 1.54) is 6.08 Å². The minimum absolute atomic E-state index is 0.263. The molecule has 0 saturated heterocycles. The third-order valence-electron chi connectivity index (χ3n) is 4.21. The number of benzene rings is 2. The highest BCUT2D eigenvalue weighted by Crippen LogP contribution is 2.19. The highest BCUT2D eigenvalue weighted by molar-refractivity contribution is 5.95. The van der Waals surface area contributed by atoms with Crippen LogP contribution in [-0.4, -0.2) is 29.5 Å². The van der Waals surface area contributed by atoms with E-state index in [4.69, 9.17) is 4.74 Å². The molecule has 0 aliphatic rings. The summed E-state index contributed by atoms with van der Waals surface area (Å²) in [5.41, 5.74) is 2.86. The highest BCUT2D eigenvalue weighted by atomic mass is 16.5. The van der Waals surface area contributed by atoms with Crippen LogP contribution in [-0.2, 0) is 20.7 Å². The molecule has 138 valence electrons. The normalized spacial score (nSPS) is 12.2. The number of carbonyl (C=O) groups excluding carboxylic acids is 2. The highest BCUT2D eigenvalue weighted by Gasteiger charge is 2.23. The van der Waals surface area contributed by atoms with Crippen LogP contribution in [0, 0.1) is 0 Å². The molecule has 3 rings (SSSR count). The van der Waals surface area contributed by atoms with Crippen LogP contribution in [0.2, 0.25) is 0 Å². The summed E-state index contributed by atoms with van der Waals surface area (Å²) in [6.07, 6.45) is 5.36. The number of hydrogen-bond acceptors (Lipinski definition) is 3. The largest absolute Gasteiger partial charge is 0.464 e. The molecule has 0 saturated carbocycles. The summed E-state index contributed by atoms with van der Waals surface area (Å²) in [5.74, 6) is -0.777. The van der Waals surface area contributed by atoms with Gasteiger partial charge in [-0.15, -0.1) is 0 Å². The fourth-order valence-corrected chi connectivity index (χ4v) is 2.91. The summed E-state index contributed by atoms with van der Waals surface area (Å²) in [6, 6.07) is 16.6. The molecule has 1 aromatic heterocycles. The maximum Gasteiger partial charge on any atom is 0.328 e. The molecule has 1 heterocycles. The molecule has 1 atom stereocenters. The second kappa shape index (κ2) is 8.85. The predicted molar refractivity (Wildman–Crippen MR) is 106 cm³/mol. The van der Waals surface area contributed by atoms with Crippen molar-refractivity contribution in [2.45, 2.75) is 19.4 Å². The van der Waals surface area contributed by atoms with E-state index < -0.39 is 12.0 Å². The van der Waals surface area contributed by atoms with Crippen molar-refractivity contribution in [3.8, 4) is 0 Å². The molecule has 0 aliphatic heterocycles. The molecule has 2 N–H and O–H groups in total. The van der Waals surface area contributed by atoms with Crippen molar-refractivity contribution in [2.24, 2.45) is 0 Å². The summed E-state index contributed by atoms with van der Waals surface area (Å²) in [5, 5.41) is 3.79. The van der Waals surface area contributed by atoms with Gasteiger partial charge in [-0.05, 0) is 30.2 Å². The van der Waals surface area contributed by atoms with Gasteiger partial charge in [0.05, 0.1) is 6.61 Å². The van der Waals surface area contributed by atoms with Crippen LogP contribution >= 0.6 is 0 Å². The Kier molecular flexibility index (Phi) is 6.05. The molecule has 2 aromatic carbocycles. The molecule has 1 unspecified atom stereocenters. The molecular formula is C22H22N2O3. The Labute approximate surface area is 158 Å². The number of fused-ring (bicyclic) bond motifs is 1. The fraction of sp³-hybridized carbons (Fsp3) is 0.182. The zero-order valence-electron chi connectivity index (χ0n) is 15.1. The van der Waals surface area contributed by atoms with Gasteiger partial charge in [0.1, 0.15) is 6.04 Å². The average molecular weight is 362 g/mol. The Bertz CT molecular complexity index is 944. The molecule has 5 nitrogen and oxygen atoms in total. The number of aromatic nitrogens is 1. The van der Waals surface area contributed by atoms with Crippen molar-refractivity contribution < 1.29 is 14.3 Å². The van der Waals surface area contributed by atoms with Gasteiger partial charge in [0.15, 0.2) is 0 Å². The Morgan fingerprint density at radius 2 is 1.85 bits per heavy atom. The van der Waals surface area contributed by atoms with Crippen molar-refractivity contribution in [1.82, 2.24) is 10.3 Å². The topological polar surface area (TPSA) is 71.2 Å². The van der Waals surface area contributed by atoms with E-state index in [1.54, 1.807) is 13.0 Å². The summed E-state index contributed by atoms with van der Waals surface area (Å²) >= 11 is 0. The summed E-state index contributed by atoms with van der Waals surface area (Å²) < 4.78 is 5.14. The van der Waals surface area contributed by atoms with E-state index in [9.17, 15) is 9.59 Å². The molecule has 0 radical (unpaired) electrons. The van der Waals surface area contributed by atoms with Gasteiger partial charge in [0, 0.05) is 29.6 Å². The van der Waals surface area contributed by atoms with Crippen LogP contribution in [0.25, 0.3) is 17.0 Å². The number of amides is 1. The third-order valence-corrected chi connectivity index (χ3v) is 4.21. The predicted octanol–water partition coefficient (Wildman–Crippen LogP) is 3.47. The fourth-order valence-electron chi connectivity index (χ4n) is 2.91. The number of esters is 1. The summed E-state index contributed by atoms with van der Waals surface area (Å²) in [6.45, 7) is 2.01. The lowest BCUT2D eigenvalue weighted by atomic mass is 10.0. The SMILES string of the molecule is CCOC(=O)C(Cc1c[nH]c2ccccc12)NC(=O)C=Cc1ccccc1. The van der Waals surface area contributed by atoms with Gasteiger partial charge in [0.2, 0.25) is 5.91 Å². The van der Waals surface area contributed by atoms with Crippen molar-refractivity contribution in [3.63, 3.8) is 0 Å². The molecule has 27 heavy (non-hydrogen) atoms. The first-order valence-corrected chi connectivity index (χ1v) is 8.92. The minimum atomic E-state index is -0.753. The van der Waals surface area contributed by atoms with E-state index in [-0.39, 0.29) is 12.5 Å². The van der Waals surface area contributed by atoms with Crippen LogP contribution in [0.4, 0.5) is 0 Å². The standard InChI is InChI=1S/C22H22N2O3/c1-2-27-22(26)20(14-17-15-23-19-11-7-6-10-18(17)19)24-21(25)13-12-16-8-4-3-5-9-16/h3-13,15,20,23H,2,14H2,1H3,(H,24,25). The van der Waals surface area contributed by atoms with Crippen molar-refractivity contribution in [3.05, 3.63) is 78.0 Å². The van der Waals surface area contributed by atoms with Gasteiger partial charge in [0.25, 0.3) is 0 Å². The molecule has 0 aliphatic carbocycles. The van der Waals surface area contributed by atoms with E-state index in [0.717, 1.165) is 22.0 Å². The van der Waals surface area contributed by atoms with Gasteiger partial charge < -0.3 is 15.0 Å². The third kappa shape index (κ3) is 4.85. The second-order valence-corrected chi connectivity index (χ2v) is 6.12. The molecule has 5 heteroatoms. The molecule has 0 fully saturated rings. The van der Waals surface area contributed by atoms with Crippen LogP contribution in [0.1, 0.15) is 18.1 Å². The van der Waals surface area contributed by atoms with Crippen LogP contribution in [0.15, 0.2) is 66.9 Å². The number of hydrogen-bond donors (Lipinski definition) is 2. The smallest absolute Gasteiger partial charge is 0.328 e. The average Bonchev–Trinajstić information content (AvgIpc) is 3.10. The van der Waals surface area contributed by atoms with Crippen molar-refractivity contribution in [1.29, 1.82) is 0 Å². The Morgan fingerprint density at radius 3 is 2.63 bits per heavy atom. The molecule has 3 aromatic rings. The summed E-state index contributed by atoms with van der Waals surface area (Å²) in [7, 11) is 0. The first-order valence-electron chi connectivity index (χ1n) is 8.92. The number of nitrogens with one attached hydrogen (secondary N) is 2. The van der Waals surface area contributed by atoms with E-state index in [2.05, 4.69) is 10.3 Å². The number of carbonyl (C=O) groups is 2. The minimum Gasteiger partial charge on any atom is -0.464 e. The lowest BCUT2D eigenvalue weighted by Gasteiger charge is -2.16. The van der Waals surface area contributed by atoms with E-state index in [1.807, 2.05) is 60.8 Å². The van der Waals surface area contributed by atoms with Crippen LogP contribution in [0.3, 0.4) is 0 Å².